The highest BCUT2D eigenvalue weighted by molar-refractivity contribution is 5.87. The number of carbonyl (C=O) groups excluding carboxylic acids is 1. The highest BCUT2D eigenvalue weighted by atomic mass is 19.3. The first kappa shape index (κ1) is 16.4. The molecule has 0 saturated carbocycles. The lowest BCUT2D eigenvalue weighted by Crippen LogP contribution is -2.08. The molecular weight excluding hydrogens is 284 g/mol. The van der Waals surface area contributed by atoms with Gasteiger partial charge in [0, 0.05) is 6.08 Å². The molecule has 21 heavy (non-hydrogen) atoms. The van der Waals surface area contributed by atoms with Gasteiger partial charge in [0.25, 0.3) is 6.43 Å². The van der Waals surface area contributed by atoms with Crippen LogP contribution in [0.5, 0.6) is 11.5 Å². The number of nitriles is 1. The summed E-state index contributed by atoms with van der Waals surface area (Å²) in [6, 6.07) is 6.59. The van der Waals surface area contributed by atoms with E-state index < -0.39 is 19.0 Å². The lowest BCUT2D eigenvalue weighted by molar-refractivity contribution is -0.141. The fraction of sp³-hybridized carbons (Fsp3) is 0.286. The second kappa shape index (κ2) is 8.53. The molecule has 0 saturated heterocycles. The highest BCUT2D eigenvalue weighted by Gasteiger charge is 2.07. The van der Waals surface area contributed by atoms with Crippen molar-refractivity contribution in [3.8, 4) is 17.6 Å². The summed E-state index contributed by atoms with van der Waals surface area (Å²) in [7, 11) is 1.43. The van der Waals surface area contributed by atoms with Gasteiger partial charge in [0.1, 0.15) is 6.07 Å². The third-order valence-corrected chi connectivity index (χ3v) is 2.24. The molecular formula is C14H13F2NO4. The maximum atomic E-state index is 11.8. The van der Waals surface area contributed by atoms with Crippen LogP contribution in [-0.2, 0) is 9.53 Å². The minimum absolute atomic E-state index is 0.120. The van der Waals surface area contributed by atoms with E-state index in [0.29, 0.717) is 17.1 Å². The Bertz CT molecular complexity index is 552. The van der Waals surface area contributed by atoms with Crippen LogP contribution < -0.4 is 9.47 Å². The first-order valence-electron chi connectivity index (χ1n) is 5.87. The normalized spacial score (nSPS) is 10.4. The van der Waals surface area contributed by atoms with Crippen LogP contribution in [0.1, 0.15) is 5.56 Å². The topological polar surface area (TPSA) is 68.6 Å². The van der Waals surface area contributed by atoms with E-state index in [-0.39, 0.29) is 6.61 Å². The summed E-state index contributed by atoms with van der Waals surface area (Å²) >= 11 is 0. The standard InChI is InChI=1S/C14H13F2NO4/c1-19-12-8-10(2-4-11(12)20-7-6-17)3-5-14(18)21-9-13(15)16/h2-5,8,13H,7,9H2,1H3/b5-3+. The molecule has 0 atom stereocenters. The summed E-state index contributed by atoms with van der Waals surface area (Å²) in [5, 5.41) is 8.45. The molecule has 5 nitrogen and oxygen atoms in total. The van der Waals surface area contributed by atoms with E-state index in [0.717, 1.165) is 6.08 Å². The molecule has 112 valence electrons. The molecule has 0 aliphatic rings. The molecule has 1 aromatic rings. The molecule has 0 unspecified atom stereocenters. The summed E-state index contributed by atoms with van der Waals surface area (Å²) in [4.78, 5) is 11.1. The molecule has 0 aliphatic heterocycles. The number of rotatable bonds is 7. The van der Waals surface area contributed by atoms with Crippen LogP contribution in [-0.4, -0.2) is 32.7 Å². The van der Waals surface area contributed by atoms with Crippen molar-refractivity contribution < 1.29 is 27.8 Å². The molecule has 0 heterocycles. The zero-order chi connectivity index (χ0) is 15.7. The average molecular weight is 297 g/mol. The van der Waals surface area contributed by atoms with E-state index in [1.165, 1.54) is 13.2 Å². The molecule has 0 radical (unpaired) electrons. The number of hydrogen-bond donors (Lipinski definition) is 0. The molecule has 0 fully saturated rings. The van der Waals surface area contributed by atoms with Crippen molar-refractivity contribution in [2.24, 2.45) is 0 Å². The van der Waals surface area contributed by atoms with E-state index in [4.69, 9.17) is 14.7 Å². The molecule has 0 aromatic heterocycles. The van der Waals surface area contributed by atoms with E-state index >= 15 is 0 Å². The van der Waals surface area contributed by atoms with Gasteiger partial charge in [-0.15, -0.1) is 0 Å². The van der Waals surface area contributed by atoms with Crippen molar-refractivity contribution >= 4 is 12.0 Å². The van der Waals surface area contributed by atoms with Gasteiger partial charge in [0.15, 0.2) is 24.7 Å². The smallest absolute Gasteiger partial charge is 0.330 e. The van der Waals surface area contributed by atoms with Gasteiger partial charge < -0.3 is 14.2 Å². The van der Waals surface area contributed by atoms with Crippen molar-refractivity contribution in [1.29, 1.82) is 5.26 Å². The van der Waals surface area contributed by atoms with Crippen molar-refractivity contribution in [1.82, 2.24) is 0 Å². The lowest BCUT2D eigenvalue weighted by Gasteiger charge is -2.08. The zero-order valence-corrected chi connectivity index (χ0v) is 11.2. The summed E-state index contributed by atoms with van der Waals surface area (Å²) in [6.07, 6.45) is -0.267. The van der Waals surface area contributed by atoms with E-state index in [1.807, 2.05) is 6.07 Å². The van der Waals surface area contributed by atoms with Crippen LogP contribution in [0.4, 0.5) is 8.78 Å². The average Bonchev–Trinajstić information content (AvgIpc) is 2.49. The van der Waals surface area contributed by atoms with Gasteiger partial charge in [-0.25, -0.2) is 13.6 Å². The van der Waals surface area contributed by atoms with Crippen molar-refractivity contribution in [3.63, 3.8) is 0 Å². The maximum Gasteiger partial charge on any atom is 0.330 e. The number of methoxy groups -OCH3 is 1. The van der Waals surface area contributed by atoms with Crippen LogP contribution in [0.3, 0.4) is 0 Å². The second-order valence-electron chi connectivity index (χ2n) is 3.71. The number of halogens is 2. The monoisotopic (exact) mass is 297 g/mol. The Labute approximate surface area is 120 Å². The van der Waals surface area contributed by atoms with E-state index in [2.05, 4.69) is 4.74 Å². The van der Waals surface area contributed by atoms with Gasteiger partial charge in [-0.3, -0.25) is 0 Å². The number of alkyl halides is 2. The Balaban J connectivity index is 2.71. The molecule has 0 aliphatic carbocycles. The minimum atomic E-state index is -2.70. The fourth-order valence-corrected chi connectivity index (χ4v) is 1.37. The van der Waals surface area contributed by atoms with E-state index in [9.17, 15) is 13.6 Å². The fourth-order valence-electron chi connectivity index (χ4n) is 1.37. The van der Waals surface area contributed by atoms with Gasteiger partial charge in [-0.1, -0.05) is 6.07 Å². The first-order chi connectivity index (χ1) is 10.1. The van der Waals surface area contributed by atoms with Gasteiger partial charge in [-0.05, 0) is 23.8 Å². The summed E-state index contributed by atoms with van der Waals surface area (Å²) in [5.74, 6) is -0.0936. The Morgan fingerprint density at radius 3 is 2.81 bits per heavy atom. The van der Waals surface area contributed by atoms with Crippen molar-refractivity contribution in [3.05, 3.63) is 29.8 Å². The summed E-state index contributed by atoms with van der Waals surface area (Å²) in [5.41, 5.74) is 0.588. The predicted octanol–water partition coefficient (Wildman–Crippen LogP) is 2.42. The largest absolute Gasteiger partial charge is 0.493 e. The zero-order valence-electron chi connectivity index (χ0n) is 11.2. The molecule has 1 rings (SSSR count). The van der Waals surface area contributed by atoms with Gasteiger partial charge in [0.05, 0.1) is 7.11 Å². The third kappa shape index (κ3) is 5.91. The third-order valence-electron chi connectivity index (χ3n) is 2.24. The Kier molecular flexibility index (Phi) is 6.68. The quantitative estimate of drug-likeness (QED) is 0.571. The molecule has 0 N–H and O–H groups in total. The number of hydrogen-bond acceptors (Lipinski definition) is 5. The van der Waals surface area contributed by atoms with Gasteiger partial charge in [-0.2, -0.15) is 5.26 Å². The van der Waals surface area contributed by atoms with Gasteiger partial charge in [0.2, 0.25) is 0 Å². The van der Waals surface area contributed by atoms with E-state index in [1.54, 1.807) is 18.2 Å². The van der Waals surface area contributed by atoms with Crippen molar-refractivity contribution in [2.45, 2.75) is 6.43 Å². The predicted molar refractivity (Wildman–Crippen MR) is 70.1 cm³/mol. The van der Waals surface area contributed by atoms with Crippen LogP contribution in [0.25, 0.3) is 6.08 Å². The second-order valence-corrected chi connectivity index (χ2v) is 3.71. The summed E-state index contributed by atoms with van der Waals surface area (Å²) < 4.78 is 38.2. The Morgan fingerprint density at radius 1 is 1.43 bits per heavy atom. The first-order valence-corrected chi connectivity index (χ1v) is 5.87. The SMILES string of the molecule is COc1cc(/C=C/C(=O)OCC(F)F)ccc1OCC#N. The number of ether oxygens (including phenoxy) is 3. The number of carbonyl (C=O) groups is 1. The number of esters is 1. The van der Waals surface area contributed by atoms with Crippen LogP contribution >= 0.6 is 0 Å². The minimum Gasteiger partial charge on any atom is -0.493 e. The Hall–Kier alpha value is -2.62. The van der Waals surface area contributed by atoms with Crippen LogP contribution in [0, 0.1) is 11.3 Å². The maximum absolute atomic E-state index is 11.8. The van der Waals surface area contributed by atoms with Crippen LogP contribution in [0.15, 0.2) is 24.3 Å². The molecule has 0 spiro atoms. The van der Waals surface area contributed by atoms with Gasteiger partial charge >= 0.3 is 5.97 Å². The lowest BCUT2D eigenvalue weighted by atomic mass is 10.2. The number of benzene rings is 1. The summed E-state index contributed by atoms with van der Waals surface area (Å²) in [6.45, 7) is -1.06. The molecule has 0 amide bonds. The molecule has 1 aromatic carbocycles. The number of nitrogens with zero attached hydrogens (tertiary/aromatic N) is 1. The van der Waals surface area contributed by atoms with Crippen molar-refractivity contribution in [2.75, 3.05) is 20.3 Å². The molecule has 7 heteroatoms. The molecule has 0 bridgehead atoms. The Morgan fingerprint density at radius 2 is 2.19 bits per heavy atom. The van der Waals surface area contributed by atoms with Crippen LogP contribution in [0.2, 0.25) is 0 Å². The highest BCUT2D eigenvalue weighted by Crippen LogP contribution is 2.28.